The summed E-state index contributed by atoms with van der Waals surface area (Å²) in [4.78, 5) is 11.4. The number of hydrogen-bond acceptors (Lipinski definition) is 3. The number of ether oxygens (including phenoxy) is 1. The maximum absolute atomic E-state index is 11.4. The fourth-order valence-corrected chi connectivity index (χ4v) is 1.07. The monoisotopic (exact) mass is 217 g/mol. The third-order valence-electron chi connectivity index (χ3n) is 1.84. The van der Waals surface area contributed by atoms with Gasteiger partial charge in [0.05, 0.1) is 5.60 Å². The van der Waals surface area contributed by atoms with Crippen LogP contribution in [0.5, 0.6) is 0 Å². The molecule has 0 aliphatic carbocycles. The predicted molar refractivity (Wildman–Crippen MR) is 59.6 cm³/mol. The number of hydrogen-bond donors (Lipinski definition) is 2. The van der Waals surface area contributed by atoms with Gasteiger partial charge in [-0.2, -0.15) is 0 Å². The summed E-state index contributed by atoms with van der Waals surface area (Å²) in [6, 6.07) is 0.0909. The van der Waals surface area contributed by atoms with Gasteiger partial charge in [0.15, 0.2) is 0 Å². The summed E-state index contributed by atoms with van der Waals surface area (Å²) in [5.41, 5.74) is -0.286. The van der Waals surface area contributed by atoms with Gasteiger partial charge in [-0.05, 0) is 40.5 Å². The zero-order chi connectivity index (χ0) is 11.9. The first-order valence-electron chi connectivity index (χ1n) is 5.39. The van der Waals surface area contributed by atoms with Gasteiger partial charge in [0.2, 0.25) is 5.91 Å². The molecule has 1 atom stereocenters. The SMILES string of the molecule is CC(CCCO)NC(=O)COC(C)(C)C. The minimum absolute atomic E-state index is 0.0902. The summed E-state index contributed by atoms with van der Waals surface area (Å²) >= 11 is 0. The molecule has 0 saturated carbocycles. The lowest BCUT2D eigenvalue weighted by atomic mass is 10.2. The maximum atomic E-state index is 11.4. The van der Waals surface area contributed by atoms with Crippen LogP contribution in [0.15, 0.2) is 0 Å². The Morgan fingerprint density at radius 1 is 1.47 bits per heavy atom. The molecule has 4 nitrogen and oxygen atoms in total. The average molecular weight is 217 g/mol. The number of aliphatic hydroxyl groups excluding tert-OH is 1. The van der Waals surface area contributed by atoms with Gasteiger partial charge in [-0.3, -0.25) is 4.79 Å². The van der Waals surface area contributed by atoms with E-state index >= 15 is 0 Å². The Balaban J connectivity index is 3.64. The Hall–Kier alpha value is -0.610. The van der Waals surface area contributed by atoms with E-state index in [1.807, 2.05) is 27.7 Å². The molecule has 0 spiro atoms. The summed E-state index contributed by atoms with van der Waals surface area (Å²) < 4.78 is 5.34. The molecule has 4 heteroatoms. The Bertz CT molecular complexity index is 187. The van der Waals surface area contributed by atoms with E-state index in [-0.39, 0.29) is 30.8 Å². The van der Waals surface area contributed by atoms with Gasteiger partial charge < -0.3 is 15.2 Å². The molecular weight excluding hydrogens is 194 g/mol. The zero-order valence-corrected chi connectivity index (χ0v) is 10.2. The molecule has 0 aromatic carbocycles. The fraction of sp³-hybridized carbons (Fsp3) is 0.909. The molecule has 0 aliphatic rings. The van der Waals surface area contributed by atoms with Crippen molar-refractivity contribution in [2.45, 2.75) is 52.2 Å². The van der Waals surface area contributed by atoms with Crippen molar-refractivity contribution in [2.75, 3.05) is 13.2 Å². The summed E-state index contributed by atoms with van der Waals surface area (Å²) in [7, 11) is 0. The van der Waals surface area contributed by atoms with E-state index in [9.17, 15) is 4.79 Å². The first kappa shape index (κ1) is 14.4. The number of rotatable bonds is 6. The summed E-state index contributed by atoms with van der Waals surface area (Å²) in [6.07, 6.45) is 1.50. The van der Waals surface area contributed by atoms with Crippen LogP contribution < -0.4 is 5.32 Å². The van der Waals surface area contributed by atoms with Gasteiger partial charge >= 0.3 is 0 Å². The topological polar surface area (TPSA) is 58.6 Å². The Kier molecular flexibility index (Phi) is 6.52. The predicted octanol–water partition coefficient (Wildman–Crippen LogP) is 1.08. The second-order valence-electron chi connectivity index (χ2n) is 4.74. The molecule has 0 bridgehead atoms. The molecule has 1 amide bonds. The van der Waals surface area contributed by atoms with E-state index in [4.69, 9.17) is 9.84 Å². The Labute approximate surface area is 92.0 Å². The maximum Gasteiger partial charge on any atom is 0.246 e. The number of amides is 1. The molecule has 0 radical (unpaired) electrons. The van der Waals surface area contributed by atoms with E-state index in [0.29, 0.717) is 6.42 Å². The van der Waals surface area contributed by atoms with E-state index in [1.54, 1.807) is 0 Å². The molecule has 0 saturated heterocycles. The van der Waals surface area contributed by atoms with Crippen molar-refractivity contribution in [3.63, 3.8) is 0 Å². The van der Waals surface area contributed by atoms with Crippen LogP contribution in [0.25, 0.3) is 0 Å². The van der Waals surface area contributed by atoms with Crippen molar-refractivity contribution in [3.05, 3.63) is 0 Å². The highest BCUT2D eigenvalue weighted by molar-refractivity contribution is 5.77. The largest absolute Gasteiger partial charge is 0.396 e. The van der Waals surface area contributed by atoms with Gasteiger partial charge in [-0.25, -0.2) is 0 Å². The van der Waals surface area contributed by atoms with E-state index in [2.05, 4.69) is 5.32 Å². The molecule has 0 fully saturated rings. The van der Waals surface area contributed by atoms with Gasteiger partial charge in [-0.15, -0.1) is 0 Å². The van der Waals surface area contributed by atoms with Crippen LogP contribution in [-0.2, 0) is 9.53 Å². The quantitative estimate of drug-likeness (QED) is 0.700. The van der Waals surface area contributed by atoms with Crippen LogP contribution in [0.2, 0.25) is 0 Å². The molecule has 0 aromatic rings. The highest BCUT2D eigenvalue weighted by atomic mass is 16.5. The lowest BCUT2D eigenvalue weighted by molar-refractivity contribution is -0.131. The standard InChI is InChI=1S/C11H23NO3/c1-9(6-5-7-13)12-10(14)8-15-11(2,3)4/h9,13H,5-8H2,1-4H3,(H,12,14). The number of carbonyl (C=O) groups is 1. The van der Waals surface area contributed by atoms with Crippen LogP contribution in [0.3, 0.4) is 0 Å². The van der Waals surface area contributed by atoms with E-state index < -0.39 is 0 Å². The van der Waals surface area contributed by atoms with Crippen molar-refractivity contribution in [2.24, 2.45) is 0 Å². The number of carbonyl (C=O) groups excluding carboxylic acids is 1. The van der Waals surface area contributed by atoms with Gasteiger partial charge in [0.25, 0.3) is 0 Å². The van der Waals surface area contributed by atoms with Gasteiger partial charge in [-0.1, -0.05) is 0 Å². The molecule has 0 rings (SSSR count). The minimum atomic E-state index is -0.286. The second-order valence-corrected chi connectivity index (χ2v) is 4.74. The van der Waals surface area contributed by atoms with Crippen LogP contribution in [0.1, 0.15) is 40.5 Å². The van der Waals surface area contributed by atoms with Crippen molar-refractivity contribution in [3.8, 4) is 0 Å². The molecule has 0 aliphatic heterocycles. The summed E-state index contributed by atoms with van der Waals surface area (Å²) in [5.74, 6) is -0.102. The van der Waals surface area contributed by atoms with Crippen molar-refractivity contribution < 1.29 is 14.6 Å². The summed E-state index contributed by atoms with van der Waals surface area (Å²) in [6.45, 7) is 7.91. The molecule has 0 aromatic heterocycles. The highest BCUT2D eigenvalue weighted by Crippen LogP contribution is 2.05. The lowest BCUT2D eigenvalue weighted by Crippen LogP contribution is -2.37. The fourth-order valence-electron chi connectivity index (χ4n) is 1.07. The average Bonchev–Trinajstić information content (AvgIpc) is 2.10. The van der Waals surface area contributed by atoms with Crippen molar-refractivity contribution >= 4 is 5.91 Å². The van der Waals surface area contributed by atoms with Gasteiger partial charge in [0.1, 0.15) is 6.61 Å². The molecule has 1 unspecified atom stereocenters. The zero-order valence-electron chi connectivity index (χ0n) is 10.2. The third kappa shape index (κ3) is 9.69. The smallest absolute Gasteiger partial charge is 0.246 e. The normalized spacial score (nSPS) is 13.7. The van der Waals surface area contributed by atoms with Crippen LogP contribution in [-0.4, -0.2) is 35.9 Å². The first-order valence-corrected chi connectivity index (χ1v) is 5.39. The van der Waals surface area contributed by atoms with Crippen molar-refractivity contribution in [1.82, 2.24) is 5.32 Å². The molecular formula is C11H23NO3. The van der Waals surface area contributed by atoms with Gasteiger partial charge in [0, 0.05) is 12.6 Å². The molecule has 90 valence electrons. The Morgan fingerprint density at radius 2 is 2.07 bits per heavy atom. The molecule has 2 N–H and O–H groups in total. The van der Waals surface area contributed by atoms with Crippen LogP contribution >= 0.6 is 0 Å². The Morgan fingerprint density at radius 3 is 2.53 bits per heavy atom. The van der Waals surface area contributed by atoms with E-state index in [0.717, 1.165) is 6.42 Å². The van der Waals surface area contributed by atoms with Crippen molar-refractivity contribution in [1.29, 1.82) is 0 Å². The third-order valence-corrected chi connectivity index (χ3v) is 1.84. The highest BCUT2D eigenvalue weighted by Gasteiger charge is 2.13. The lowest BCUT2D eigenvalue weighted by Gasteiger charge is -2.20. The second kappa shape index (κ2) is 6.80. The minimum Gasteiger partial charge on any atom is -0.396 e. The summed E-state index contributed by atoms with van der Waals surface area (Å²) in [5, 5.41) is 11.4. The van der Waals surface area contributed by atoms with E-state index in [1.165, 1.54) is 0 Å². The molecule has 15 heavy (non-hydrogen) atoms. The number of nitrogens with one attached hydrogen (secondary N) is 1. The van der Waals surface area contributed by atoms with Crippen LogP contribution in [0.4, 0.5) is 0 Å². The first-order chi connectivity index (χ1) is 6.85. The van der Waals surface area contributed by atoms with Crippen LogP contribution in [0, 0.1) is 0 Å². The molecule has 0 heterocycles. The number of aliphatic hydroxyl groups is 1.